The highest BCUT2D eigenvalue weighted by Gasteiger charge is 2.14. The summed E-state index contributed by atoms with van der Waals surface area (Å²) >= 11 is 3.16. The second-order valence-electron chi connectivity index (χ2n) is 4.49. The minimum atomic E-state index is -0.376. The number of fused-ring (bicyclic) bond motifs is 1. The Bertz CT molecular complexity index is 827. The van der Waals surface area contributed by atoms with Crippen LogP contribution in [0, 0.1) is 18.6 Å². The number of nitrogens with two attached hydrogens (primary N) is 1. The van der Waals surface area contributed by atoms with Crippen LogP contribution in [0.1, 0.15) is 5.56 Å². The van der Waals surface area contributed by atoms with Crippen LogP contribution in [0.3, 0.4) is 0 Å². The number of rotatable bonds is 1. The molecule has 0 radical (unpaired) electrons. The van der Waals surface area contributed by atoms with Crippen molar-refractivity contribution in [3.8, 4) is 5.69 Å². The van der Waals surface area contributed by atoms with Crippen molar-refractivity contribution >= 4 is 32.9 Å². The van der Waals surface area contributed by atoms with E-state index >= 15 is 0 Å². The third-order valence-corrected chi connectivity index (χ3v) is 3.73. The van der Waals surface area contributed by atoms with Crippen molar-refractivity contribution in [3.05, 3.63) is 52.0 Å². The molecular formula is C14H10BrF2N3. The van der Waals surface area contributed by atoms with Crippen LogP contribution in [0.4, 0.5) is 14.7 Å². The van der Waals surface area contributed by atoms with Gasteiger partial charge in [0.2, 0.25) is 5.95 Å². The normalized spacial score (nSPS) is 11.2. The van der Waals surface area contributed by atoms with E-state index in [0.717, 1.165) is 0 Å². The second-order valence-corrected chi connectivity index (χ2v) is 5.35. The Morgan fingerprint density at radius 2 is 1.95 bits per heavy atom. The second kappa shape index (κ2) is 4.56. The molecule has 2 aromatic carbocycles. The van der Waals surface area contributed by atoms with E-state index in [1.165, 1.54) is 18.2 Å². The summed E-state index contributed by atoms with van der Waals surface area (Å²) in [5.74, 6) is -0.494. The number of hydrogen-bond donors (Lipinski definition) is 1. The summed E-state index contributed by atoms with van der Waals surface area (Å²) in [4.78, 5) is 4.14. The van der Waals surface area contributed by atoms with Gasteiger partial charge in [-0.05, 0) is 52.7 Å². The molecule has 0 spiro atoms. The van der Waals surface area contributed by atoms with Crippen molar-refractivity contribution in [2.24, 2.45) is 0 Å². The molecule has 1 heterocycles. The molecule has 3 nitrogen and oxygen atoms in total. The Kier molecular flexibility index (Phi) is 2.97. The predicted octanol–water partition coefficient (Wildman–Crippen LogP) is 3.96. The third-order valence-electron chi connectivity index (χ3n) is 3.12. The van der Waals surface area contributed by atoms with Gasteiger partial charge in [0, 0.05) is 6.07 Å². The van der Waals surface area contributed by atoms with Gasteiger partial charge < -0.3 is 5.73 Å². The topological polar surface area (TPSA) is 43.8 Å². The fourth-order valence-corrected chi connectivity index (χ4v) is 2.53. The van der Waals surface area contributed by atoms with Gasteiger partial charge >= 0.3 is 0 Å². The van der Waals surface area contributed by atoms with Gasteiger partial charge in [0.15, 0.2) is 0 Å². The van der Waals surface area contributed by atoms with E-state index in [0.29, 0.717) is 26.8 Å². The van der Waals surface area contributed by atoms with Crippen LogP contribution in [0.15, 0.2) is 34.8 Å². The number of hydrogen-bond acceptors (Lipinski definition) is 2. The van der Waals surface area contributed by atoms with Crippen LogP contribution in [0.2, 0.25) is 0 Å². The zero-order valence-electron chi connectivity index (χ0n) is 10.5. The molecule has 0 bridgehead atoms. The van der Waals surface area contributed by atoms with Gasteiger partial charge in [-0.1, -0.05) is 0 Å². The maximum absolute atomic E-state index is 13.5. The minimum absolute atomic E-state index is 0.229. The molecule has 6 heteroatoms. The third kappa shape index (κ3) is 1.96. The van der Waals surface area contributed by atoms with Crippen LogP contribution in [0.25, 0.3) is 16.7 Å². The molecule has 0 aliphatic carbocycles. The summed E-state index contributed by atoms with van der Waals surface area (Å²) in [5, 5.41) is 0. The fourth-order valence-electron chi connectivity index (χ4n) is 2.20. The SMILES string of the molecule is Cc1cc(F)c(Br)cc1-n1c(N)nc2cc(F)ccc21. The molecule has 0 aliphatic heterocycles. The van der Waals surface area contributed by atoms with Crippen LogP contribution >= 0.6 is 15.9 Å². The first-order valence-electron chi connectivity index (χ1n) is 5.87. The quantitative estimate of drug-likeness (QED) is 0.730. The molecule has 0 atom stereocenters. The summed E-state index contributed by atoms with van der Waals surface area (Å²) in [6.07, 6.45) is 0. The number of benzene rings is 2. The van der Waals surface area contributed by atoms with Crippen LogP contribution in [-0.4, -0.2) is 9.55 Å². The summed E-state index contributed by atoms with van der Waals surface area (Å²) in [6.45, 7) is 1.78. The Hall–Kier alpha value is -1.95. The van der Waals surface area contributed by atoms with E-state index in [1.807, 2.05) is 0 Å². The molecule has 0 aliphatic rings. The lowest BCUT2D eigenvalue weighted by atomic mass is 10.2. The molecular weight excluding hydrogens is 328 g/mol. The van der Waals surface area contributed by atoms with E-state index in [9.17, 15) is 8.78 Å². The first-order chi connectivity index (χ1) is 9.47. The van der Waals surface area contributed by atoms with E-state index in [-0.39, 0.29) is 17.6 Å². The highest BCUT2D eigenvalue weighted by atomic mass is 79.9. The molecule has 3 aromatic rings. The number of nitrogen functional groups attached to an aromatic ring is 1. The number of halogens is 3. The minimum Gasteiger partial charge on any atom is -0.369 e. The zero-order valence-corrected chi connectivity index (χ0v) is 12.1. The molecule has 102 valence electrons. The van der Waals surface area contributed by atoms with E-state index in [4.69, 9.17) is 5.73 Å². The Morgan fingerprint density at radius 3 is 2.70 bits per heavy atom. The maximum atomic E-state index is 13.5. The maximum Gasteiger partial charge on any atom is 0.205 e. The van der Waals surface area contributed by atoms with Crippen molar-refractivity contribution in [2.45, 2.75) is 6.92 Å². The highest BCUT2D eigenvalue weighted by Crippen LogP contribution is 2.29. The monoisotopic (exact) mass is 337 g/mol. The lowest BCUT2D eigenvalue weighted by molar-refractivity contribution is 0.619. The molecule has 2 N–H and O–H groups in total. The molecule has 0 unspecified atom stereocenters. The molecule has 3 rings (SSSR count). The van der Waals surface area contributed by atoms with Gasteiger partial charge in [-0.2, -0.15) is 0 Å². The standard InChI is InChI=1S/C14H10BrF2N3/c1-7-4-10(17)9(15)6-13(7)20-12-3-2-8(16)5-11(12)19-14(20)18/h2-6H,1H3,(H2,18,19). The lowest BCUT2D eigenvalue weighted by Gasteiger charge is -2.11. The number of nitrogens with zero attached hydrogens (tertiary/aromatic N) is 2. The number of anilines is 1. The average molecular weight is 338 g/mol. The fraction of sp³-hybridized carbons (Fsp3) is 0.0714. The van der Waals surface area contributed by atoms with E-state index < -0.39 is 0 Å². The van der Waals surface area contributed by atoms with Crippen molar-refractivity contribution < 1.29 is 8.78 Å². The number of aryl methyl sites for hydroxylation is 1. The number of aromatic nitrogens is 2. The van der Waals surface area contributed by atoms with Crippen LogP contribution in [-0.2, 0) is 0 Å². The average Bonchev–Trinajstić information content (AvgIpc) is 2.69. The largest absolute Gasteiger partial charge is 0.369 e. The van der Waals surface area contributed by atoms with Crippen molar-refractivity contribution in [3.63, 3.8) is 0 Å². The molecule has 0 saturated carbocycles. The Balaban J connectivity index is 2.35. The van der Waals surface area contributed by atoms with Crippen molar-refractivity contribution in [1.82, 2.24) is 9.55 Å². The lowest BCUT2D eigenvalue weighted by Crippen LogP contribution is -2.03. The Labute approximate surface area is 122 Å². The summed E-state index contributed by atoms with van der Waals surface area (Å²) in [7, 11) is 0. The Morgan fingerprint density at radius 1 is 1.20 bits per heavy atom. The zero-order chi connectivity index (χ0) is 14.4. The van der Waals surface area contributed by atoms with Gasteiger partial charge in [0.25, 0.3) is 0 Å². The first-order valence-corrected chi connectivity index (χ1v) is 6.66. The molecule has 20 heavy (non-hydrogen) atoms. The van der Waals surface area contributed by atoms with Crippen LogP contribution in [0.5, 0.6) is 0 Å². The first kappa shape index (κ1) is 13.1. The summed E-state index contributed by atoms with van der Waals surface area (Å²) in [6, 6.07) is 7.30. The van der Waals surface area contributed by atoms with Gasteiger partial charge in [-0.25, -0.2) is 13.8 Å². The molecule has 0 amide bonds. The van der Waals surface area contributed by atoms with E-state index in [2.05, 4.69) is 20.9 Å². The van der Waals surface area contributed by atoms with Crippen LogP contribution < -0.4 is 5.73 Å². The number of imidazole rings is 1. The summed E-state index contributed by atoms with van der Waals surface area (Å²) in [5.41, 5.74) is 8.45. The van der Waals surface area contributed by atoms with Gasteiger partial charge in [0.1, 0.15) is 11.6 Å². The van der Waals surface area contributed by atoms with Gasteiger partial charge in [-0.3, -0.25) is 4.57 Å². The smallest absolute Gasteiger partial charge is 0.205 e. The highest BCUT2D eigenvalue weighted by molar-refractivity contribution is 9.10. The molecule has 0 fully saturated rings. The van der Waals surface area contributed by atoms with Crippen molar-refractivity contribution in [1.29, 1.82) is 0 Å². The summed E-state index contributed by atoms with van der Waals surface area (Å²) < 4.78 is 28.8. The van der Waals surface area contributed by atoms with Gasteiger partial charge in [-0.15, -0.1) is 0 Å². The van der Waals surface area contributed by atoms with E-state index in [1.54, 1.807) is 23.6 Å². The van der Waals surface area contributed by atoms with Crippen molar-refractivity contribution in [2.75, 3.05) is 5.73 Å². The predicted molar refractivity (Wildman–Crippen MR) is 77.8 cm³/mol. The molecule has 0 saturated heterocycles. The van der Waals surface area contributed by atoms with Gasteiger partial charge in [0.05, 0.1) is 21.2 Å². The molecule has 1 aromatic heterocycles.